The Labute approximate surface area is 117 Å². The van der Waals surface area contributed by atoms with Crippen LogP contribution in [-0.4, -0.2) is 57.5 Å². The fraction of sp³-hybridized carbons (Fsp3) is 1.00. The van der Waals surface area contributed by atoms with E-state index in [9.17, 15) is 8.42 Å². The van der Waals surface area contributed by atoms with Crippen molar-refractivity contribution in [1.82, 2.24) is 10.2 Å². The summed E-state index contributed by atoms with van der Waals surface area (Å²) in [6, 6.07) is 0.830. The van der Waals surface area contributed by atoms with E-state index in [-0.39, 0.29) is 6.04 Å². The summed E-state index contributed by atoms with van der Waals surface area (Å²) in [7, 11) is 1.38. The lowest BCUT2D eigenvalue weighted by Crippen LogP contribution is -2.46. The fourth-order valence-electron chi connectivity index (χ4n) is 3.72. The van der Waals surface area contributed by atoms with Gasteiger partial charge in [-0.3, -0.25) is 0 Å². The minimum absolute atomic E-state index is 0.236. The van der Waals surface area contributed by atoms with Crippen LogP contribution in [0.3, 0.4) is 0 Å². The molecule has 2 fully saturated rings. The monoisotopic (exact) mass is 288 g/mol. The molecule has 1 heterocycles. The van der Waals surface area contributed by atoms with Crippen LogP contribution in [0.2, 0.25) is 0 Å². The molecule has 2 rings (SSSR count). The average Bonchev–Trinajstić information content (AvgIpc) is 2.70. The molecule has 1 saturated heterocycles. The van der Waals surface area contributed by atoms with E-state index in [4.69, 9.17) is 0 Å². The van der Waals surface area contributed by atoms with Gasteiger partial charge in [-0.15, -0.1) is 0 Å². The highest BCUT2D eigenvalue weighted by Gasteiger charge is 2.34. The molecule has 4 nitrogen and oxygen atoms in total. The molecule has 0 aromatic heterocycles. The molecular formula is C14H28N2O2S. The van der Waals surface area contributed by atoms with Gasteiger partial charge in [0.2, 0.25) is 0 Å². The van der Waals surface area contributed by atoms with Crippen molar-refractivity contribution < 1.29 is 8.42 Å². The molecule has 2 aliphatic rings. The predicted octanol–water partition coefficient (Wildman–Crippen LogP) is 1.13. The van der Waals surface area contributed by atoms with Crippen LogP contribution in [0.25, 0.3) is 0 Å². The quantitative estimate of drug-likeness (QED) is 0.842. The van der Waals surface area contributed by atoms with E-state index in [1.165, 1.54) is 19.3 Å². The fourth-order valence-corrected chi connectivity index (χ4v) is 5.53. The van der Waals surface area contributed by atoms with Crippen molar-refractivity contribution >= 4 is 9.84 Å². The van der Waals surface area contributed by atoms with Gasteiger partial charge in [0, 0.05) is 18.6 Å². The first kappa shape index (κ1) is 15.3. The SMILES string of the molecule is CNC1CCC(C)CC1CN(C)C1CCS(=O)(=O)C1. The molecular weight excluding hydrogens is 260 g/mol. The van der Waals surface area contributed by atoms with Gasteiger partial charge in [-0.05, 0) is 51.6 Å². The van der Waals surface area contributed by atoms with Gasteiger partial charge >= 0.3 is 0 Å². The largest absolute Gasteiger partial charge is 0.317 e. The molecule has 5 heteroatoms. The van der Waals surface area contributed by atoms with Gasteiger partial charge in [0.15, 0.2) is 9.84 Å². The Kier molecular flexibility index (Phi) is 4.90. The standard InChI is InChI=1S/C14H28N2O2S/c1-11-4-5-14(15-2)12(8-11)9-16(3)13-6-7-19(17,18)10-13/h11-15H,4-10H2,1-3H3. The van der Waals surface area contributed by atoms with Crippen molar-refractivity contribution in [3.63, 3.8) is 0 Å². The highest BCUT2D eigenvalue weighted by Crippen LogP contribution is 2.30. The smallest absolute Gasteiger partial charge is 0.151 e. The molecule has 4 atom stereocenters. The van der Waals surface area contributed by atoms with Gasteiger partial charge in [-0.1, -0.05) is 6.92 Å². The van der Waals surface area contributed by atoms with E-state index in [0.717, 1.165) is 18.9 Å². The minimum atomic E-state index is -2.77. The van der Waals surface area contributed by atoms with Crippen LogP contribution in [-0.2, 0) is 9.84 Å². The molecule has 19 heavy (non-hydrogen) atoms. The summed E-state index contributed by atoms with van der Waals surface area (Å²) in [4.78, 5) is 2.29. The topological polar surface area (TPSA) is 49.4 Å². The first-order valence-corrected chi connectivity index (χ1v) is 9.31. The maximum atomic E-state index is 11.6. The van der Waals surface area contributed by atoms with Crippen LogP contribution >= 0.6 is 0 Å². The van der Waals surface area contributed by atoms with E-state index in [1.54, 1.807) is 0 Å². The summed E-state index contributed by atoms with van der Waals surface area (Å²) in [5.41, 5.74) is 0. The molecule has 0 aromatic carbocycles. The highest BCUT2D eigenvalue weighted by molar-refractivity contribution is 7.91. The van der Waals surface area contributed by atoms with Gasteiger partial charge in [0.1, 0.15) is 0 Å². The summed E-state index contributed by atoms with van der Waals surface area (Å²) >= 11 is 0. The third-order valence-electron chi connectivity index (χ3n) is 4.97. The third-order valence-corrected chi connectivity index (χ3v) is 6.72. The zero-order valence-corrected chi connectivity index (χ0v) is 13.2. The predicted molar refractivity (Wildman–Crippen MR) is 79.0 cm³/mol. The van der Waals surface area contributed by atoms with Gasteiger partial charge in [0.05, 0.1) is 11.5 Å². The van der Waals surface area contributed by atoms with Gasteiger partial charge in [0.25, 0.3) is 0 Å². The van der Waals surface area contributed by atoms with Crippen LogP contribution in [0, 0.1) is 11.8 Å². The van der Waals surface area contributed by atoms with E-state index in [0.29, 0.717) is 23.5 Å². The van der Waals surface area contributed by atoms with Crippen LogP contribution in [0.5, 0.6) is 0 Å². The van der Waals surface area contributed by atoms with Crippen LogP contribution < -0.4 is 5.32 Å². The van der Waals surface area contributed by atoms with Crippen molar-refractivity contribution in [3.05, 3.63) is 0 Å². The lowest BCUT2D eigenvalue weighted by atomic mass is 9.78. The molecule has 0 aromatic rings. The van der Waals surface area contributed by atoms with E-state index in [1.807, 2.05) is 7.05 Å². The number of hydrogen-bond donors (Lipinski definition) is 1. The second-order valence-electron chi connectivity index (χ2n) is 6.57. The van der Waals surface area contributed by atoms with Crippen molar-refractivity contribution in [2.24, 2.45) is 11.8 Å². The molecule has 0 spiro atoms. The van der Waals surface area contributed by atoms with Crippen molar-refractivity contribution in [3.8, 4) is 0 Å². The molecule has 1 N–H and O–H groups in total. The van der Waals surface area contributed by atoms with E-state index >= 15 is 0 Å². The normalized spacial score (nSPS) is 38.7. The molecule has 0 amide bonds. The second kappa shape index (κ2) is 6.10. The van der Waals surface area contributed by atoms with Crippen LogP contribution in [0.4, 0.5) is 0 Å². The third kappa shape index (κ3) is 3.92. The summed E-state index contributed by atoms with van der Waals surface area (Å²) in [6.45, 7) is 3.36. The second-order valence-corrected chi connectivity index (χ2v) is 8.80. The van der Waals surface area contributed by atoms with Gasteiger partial charge in [-0.2, -0.15) is 0 Å². The average molecular weight is 288 g/mol. The number of nitrogens with one attached hydrogen (secondary N) is 1. The maximum Gasteiger partial charge on any atom is 0.151 e. The van der Waals surface area contributed by atoms with E-state index in [2.05, 4.69) is 24.2 Å². The van der Waals surface area contributed by atoms with Crippen molar-refractivity contribution in [2.75, 3.05) is 32.1 Å². The molecule has 1 aliphatic carbocycles. The van der Waals surface area contributed by atoms with E-state index < -0.39 is 9.84 Å². The number of rotatable bonds is 4. The Hall–Kier alpha value is -0.130. The molecule has 4 unspecified atom stereocenters. The summed E-state index contributed by atoms with van der Waals surface area (Å²) in [6.07, 6.45) is 4.63. The Morgan fingerprint density at radius 3 is 2.58 bits per heavy atom. The Morgan fingerprint density at radius 1 is 1.26 bits per heavy atom. The molecule has 0 bridgehead atoms. The van der Waals surface area contributed by atoms with Crippen molar-refractivity contribution in [2.45, 2.75) is 44.7 Å². The highest BCUT2D eigenvalue weighted by atomic mass is 32.2. The number of sulfone groups is 1. The molecule has 1 aliphatic heterocycles. The first-order chi connectivity index (χ1) is 8.91. The molecule has 1 saturated carbocycles. The number of hydrogen-bond acceptors (Lipinski definition) is 4. The number of nitrogens with zero attached hydrogens (tertiary/aromatic N) is 1. The van der Waals surface area contributed by atoms with Crippen molar-refractivity contribution in [1.29, 1.82) is 0 Å². The summed E-state index contributed by atoms with van der Waals surface area (Å²) < 4.78 is 23.1. The molecule has 112 valence electrons. The zero-order valence-electron chi connectivity index (χ0n) is 12.4. The lowest BCUT2D eigenvalue weighted by molar-refractivity contribution is 0.144. The lowest BCUT2D eigenvalue weighted by Gasteiger charge is -2.38. The Bertz CT molecular complexity index is 396. The zero-order chi connectivity index (χ0) is 14.0. The Morgan fingerprint density at radius 2 is 2.00 bits per heavy atom. The maximum absolute atomic E-state index is 11.6. The van der Waals surface area contributed by atoms with Gasteiger partial charge < -0.3 is 10.2 Å². The first-order valence-electron chi connectivity index (χ1n) is 7.49. The Balaban J connectivity index is 1.91. The summed E-state index contributed by atoms with van der Waals surface area (Å²) in [5, 5.41) is 3.44. The van der Waals surface area contributed by atoms with Crippen LogP contribution in [0.1, 0.15) is 32.6 Å². The van der Waals surface area contributed by atoms with Gasteiger partial charge in [-0.25, -0.2) is 8.42 Å². The summed E-state index contributed by atoms with van der Waals surface area (Å²) in [5.74, 6) is 2.19. The molecule has 0 radical (unpaired) electrons. The van der Waals surface area contributed by atoms with Crippen LogP contribution in [0.15, 0.2) is 0 Å². The minimum Gasteiger partial charge on any atom is -0.317 e.